The lowest BCUT2D eigenvalue weighted by atomic mass is 9.78. The fourth-order valence-corrected chi connectivity index (χ4v) is 3.74. The van der Waals surface area contributed by atoms with E-state index in [1.807, 2.05) is 18.2 Å². The van der Waals surface area contributed by atoms with Crippen LogP contribution >= 0.6 is 0 Å². The molecule has 2 N–H and O–H groups in total. The van der Waals surface area contributed by atoms with Crippen LogP contribution in [-0.4, -0.2) is 27.8 Å². The maximum absolute atomic E-state index is 12.0. The Bertz CT molecular complexity index is 878. The Morgan fingerprint density at radius 1 is 1.35 bits per heavy atom. The zero-order chi connectivity index (χ0) is 18.7. The number of carbonyl (C=O) groups is 1. The van der Waals surface area contributed by atoms with E-state index in [0.29, 0.717) is 6.54 Å². The van der Waals surface area contributed by atoms with Gasteiger partial charge in [0.2, 0.25) is 0 Å². The zero-order valence-electron chi connectivity index (χ0n) is 14.9. The lowest BCUT2D eigenvalue weighted by molar-refractivity contribution is 0.0953. The first-order chi connectivity index (χ1) is 12.5. The van der Waals surface area contributed by atoms with Gasteiger partial charge in [-0.25, -0.2) is 0 Å². The van der Waals surface area contributed by atoms with E-state index in [2.05, 4.69) is 29.1 Å². The number of nitrogens with one attached hydrogen (secondary N) is 1. The molecule has 1 aliphatic carbocycles. The van der Waals surface area contributed by atoms with Crippen molar-refractivity contribution < 1.29 is 9.90 Å². The summed E-state index contributed by atoms with van der Waals surface area (Å²) in [6.07, 6.45) is 7.32. The lowest BCUT2D eigenvalue weighted by Crippen LogP contribution is -2.33. The fraction of sp³-hybridized carbons (Fsp3) is 0.350. The Balaban J connectivity index is 2.00. The monoisotopic (exact) mass is 353 g/mol. The molecule has 1 aromatic heterocycles. The second-order valence-electron chi connectivity index (χ2n) is 6.78. The normalized spacial score (nSPS) is 15.6. The minimum atomic E-state index is -0.753. The quantitative estimate of drug-likeness (QED) is 0.865. The summed E-state index contributed by atoms with van der Waals surface area (Å²) in [6.45, 7) is 4.28. The van der Waals surface area contributed by atoms with E-state index in [4.69, 9.17) is 0 Å². The number of benzene rings is 1. The summed E-state index contributed by atoms with van der Waals surface area (Å²) in [5, 5.41) is 16.5. The first-order valence-corrected chi connectivity index (χ1v) is 8.75. The van der Waals surface area contributed by atoms with E-state index in [0.717, 1.165) is 31.2 Å². The fourth-order valence-electron chi connectivity index (χ4n) is 3.74. The Morgan fingerprint density at radius 3 is 2.58 bits per heavy atom. The molecule has 6 nitrogen and oxygen atoms in total. The molecule has 1 heterocycles. The number of aromatic hydroxyl groups is 1. The van der Waals surface area contributed by atoms with Gasteiger partial charge in [0.25, 0.3) is 11.3 Å². The van der Waals surface area contributed by atoms with Crippen LogP contribution in [0.4, 0.5) is 0 Å². The van der Waals surface area contributed by atoms with Crippen molar-refractivity contribution in [2.75, 3.05) is 7.05 Å². The zero-order valence-corrected chi connectivity index (χ0v) is 14.9. The molecule has 2 aromatic rings. The highest BCUT2D eigenvalue weighted by atomic mass is 16.3. The molecule has 0 unspecified atom stereocenters. The maximum atomic E-state index is 12.0. The van der Waals surface area contributed by atoms with Gasteiger partial charge in [-0.05, 0) is 24.0 Å². The van der Waals surface area contributed by atoms with Gasteiger partial charge in [-0.3, -0.25) is 14.3 Å². The van der Waals surface area contributed by atoms with Gasteiger partial charge in [-0.1, -0.05) is 49.8 Å². The molecule has 136 valence electrons. The highest BCUT2D eigenvalue weighted by molar-refractivity contribution is 5.92. The average molecular weight is 353 g/mol. The van der Waals surface area contributed by atoms with Crippen LogP contribution in [0.1, 0.15) is 47.3 Å². The van der Waals surface area contributed by atoms with Crippen molar-refractivity contribution in [2.24, 2.45) is 0 Å². The van der Waals surface area contributed by atoms with Crippen LogP contribution in [0, 0.1) is 0 Å². The van der Waals surface area contributed by atoms with Crippen molar-refractivity contribution >= 4 is 12.0 Å². The predicted octanol–water partition coefficient (Wildman–Crippen LogP) is 2.46. The van der Waals surface area contributed by atoms with E-state index in [1.165, 1.54) is 23.5 Å². The van der Waals surface area contributed by atoms with Crippen molar-refractivity contribution in [3.63, 3.8) is 0 Å². The second kappa shape index (κ2) is 7.15. The van der Waals surface area contributed by atoms with Crippen LogP contribution in [0.5, 0.6) is 5.75 Å². The summed E-state index contributed by atoms with van der Waals surface area (Å²) < 4.78 is 1.52. The molecule has 0 atom stereocenters. The lowest BCUT2D eigenvalue weighted by Gasteiger charge is -2.30. The largest absolute Gasteiger partial charge is 0.503 e. The van der Waals surface area contributed by atoms with Gasteiger partial charge in [-0.2, -0.15) is 5.10 Å². The van der Waals surface area contributed by atoms with Gasteiger partial charge in [0, 0.05) is 12.5 Å². The number of nitrogens with zero attached hydrogens (tertiary/aromatic N) is 2. The van der Waals surface area contributed by atoms with E-state index >= 15 is 0 Å². The van der Waals surface area contributed by atoms with Gasteiger partial charge in [0.15, 0.2) is 11.4 Å². The number of hydrogen-bond acceptors (Lipinski definition) is 4. The molecule has 0 radical (unpaired) electrons. The van der Waals surface area contributed by atoms with Gasteiger partial charge in [0.1, 0.15) is 0 Å². The van der Waals surface area contributed by atoms with E-state index in [9.17, 15) is 14.7 Å². The molecule has 1 aliphatic rings. The molecule has 26 heavy (non-hydrogen) atoms. The third kappa shape index (κ3) is 3.27. The van der Waals surface area contributed by atoms with Crippen molar-refractivity contribution in [2.45, 2.75) is 37.6 Å². The highest BCUT2D eigenvalue weighted by Gasteiger charge is 2.36. The van der Waals surface area contributed by atoms with Crippen LogP contribution in [-0.2, 0) is 12.0 Å². The van der Waals surface area contributed by atoms with E-state index < -0.39 is 17.1 Å². The summed E-state index contributed by atoms with van der Waals surface area (Å²) in [5.74, 6) is -1.07. The van der Waals surface area contributed by atoms with Crippen LogP contribution < -0.4 is 10.7 Å². The van der Waals surface area contributed by atoms with Gasteiger partial charge >= 0.3 is 0 Å². The third-order valence-corrected chi connectivity index (χ3v) is 5.17. The second-order valence-corrected chi connectivity index (χ2v) is 6.78. The summed E-state index contributed by atoms with van der Waals surface area (Å²) in [4.78, 5) is 23.9. The number of aromatic nitrogens is 2. The summed E-state index contributed by atoms with van der Waals surface area (Å²) >= 11 is 0. The van der Waals surface area contributed by atoms with E-state index in [-0.39, 0.29) is 11.1 Å². The van der Waals surface area contributed by atoms with Gasteiger partial charge < -0.3 is 10.4 Å². The molecule has 3 rings (SSSR count). The Morgan fingerprint density at radius 2 is 2.00 bits per heavy atom. The molecular weight excluding hydrogens is 330 g/mol. The Labute approximate surface area is 152 Å². The molecule has 1 saturated carbocycles. The Hall–Kier alpha value is -2.89. The molecule has 1 aromatic carbocycles. The minimum Gasteiger partial charge on any atom is -0.503 e. The van der Waals surface area contributed by atoms with Crippen LogP contribution in [0.15, 0.2) is 41.8 Å². The van der Waals surface area contributed by atoms with Gasteiger partial charge in [-0.15, -0.1) is 0 Å². The molecular formula is C20H23N3O3. The first-order valence-electron chi connectivity index (χ1n) is 8.75. The van der Waals surface area contributed by atoms with Crippen LogP contribution in [0.3, 0.4) is 0 Å². The van der Waals surface area contributed by atoms with Crippen LogP contribution in [0.25, 0.3) is 6.08 Å². The smallest absolute Gasteiger partial charge is 0.275 e. The van der Waals surface area contributed by atoms with Crippen molar-refractivity contribution in [1.82, 2.24) is 15.1 Å². The average Bonchev–Trinajstić information content (AvgIpc) is 3.13. The highest BCUT2D eigenvalue weighted by Crippen LogP contribution is 2.42. The molecule has 0 bridgehead atoms. The summed E-state index contributed by atoms with van der Waals surface area (Å²) in [6, 6.07) is 8.28. The molecule has 1 amide bonds. The number of hydrogen-bond donors (Lipinski definition) is 2. The molecule has 6 heteroatoms. The summed E-state index contributed by atoms with van der Waals surface area (Å²) in [7, 11) is 1.43. The topological polar surface area (TPSA) is 84.2 Å². The predicted molar refractivity (Wildman–Crippen MR) is 100 cm³/mol. The SMILES string of the molecule is C=Cc1ccc(C2(Cn3cc(O)c(=O)c(C(=O)NC)n3)CCCC2)cc1. The Kier molecular flexibility index (Phi) is 4.93. The summed E-state index contributed by atoms with van der Waals surface area (Å²) in [5.41, 5.74) is 1.08. The van der Waals surface area contributed by atoms with Crippen molar-refractivity contribution in [3.05, 3.63) is 64.1 Å². The van der Waals surface area contributed by atoms with Crippen LogP contribution in [0.2, 0.25) is 0 Å². The standard InChI is InChI=1S/C20H23N3O3/c1-3-14-6-8-15(9-7-14)20(10-4-5-11-20)13-23-12-16(24)18(25)17(22-23)19(26)21-2/h3,6-9,12,24H,1,4-5,10-11,13H2,2H3,(H,21,26). The molecule has 0 spiro atoms. The van der Waals surface area contributed by atoms with Crippen molar-refractivity contribution in [3.8, 4) is 5.75 Å². The molecule has 0 aliphatic heterocycles. The number of rotatable bonds is 5. The maximum Gasteiger partial charge on any atom is 0.275 e. The molecule has 0 saturated heterocycles. The number of amides is 1. The minimum absolute atomic E-state index is 0.131. The van der Waals surface area contributed by atoms with E-state index in [1.54, 1.807) is 0 Å². The van der Waals surface area contributed by atoms with Crippen molar-refractivity contribution in [1.29, 1.82) is 0 Å². The first kappa shape index (κ1) is 17.9. The number of carbonyl (C=O) groups excluding carboxylic acids is 1. The third-order valence-electron chi connectivity index (χ3n) is 5.17. The molecule has 1 fully saturated rings. The van der Waals surface area contributed by atoms with Gasteiger partial charge in [0.05, 0.1) is 12.7 Å².